The van der Waals surface area contributed by atoms with Crippen molar-refractivity contribution in [1.82, 2.24) is 5.32 Å². The van der Waals surface area contributed by atoms with Crippen molar-refractivity contribution in [2.75, 3.05) is 26.3 Å². The van der Waals surface area contributed by atoms with E-state index in [9.17, 15) is 4.79 Å². The van der Waals surface area contributed by atoms with Crippen molar-refractivity contribution in [2.24, 2.45) is 11.7 Å². The normalized spacial score (nSPS) is 10.6. The van der Waals surface area contributed by atoms with Gasteiger partial charge in [-0.15, -0.1) is 0 Å². The zero-order valence-corrected chi connectivity index (χ0v) is 9.21. The van der Waals surface area contributed by atoms with Crippen molar-refractivity contribution in [3.63, 3.8) is 0 Å². The van der Waals surface area contributed by atoms with Crippen LogP contribution in [0.15, 0.2) is 0 Å². The quantitative estimate of drug-likeness (QED) is 0.564. The average Bonchev–Trinajstić information content (AvgIpc) is 2.11. The zero-order valence-electron chi connectivity index (χ0n) is 9.21. The van der Waals surface area contributed by atoms with Crippen LogP contribution in [-0.2, 0) is 9.53 Å². The fraction of sp³-hybridized carbons (Fsp3) is 0.900. The molecule has 0 aliphatic heterocycles. The van der Waals surface area contributed by atoms with E-state index in [1.165, 1.54) is 0 Å². The van der Waals surface area contributed by atoms with Crippen LogP contribution in [0.3, 0.4) is 0 Å². The molecule has 0 saturated heterocycles. The van der Waals surface area contributed by atoms with E-state index in [1.807, 2.05) is 0 Å². The second-order valence-electron chi connectivity index (χ2n) is 3.68. The summed E-state index contributed by atoms with van der Waals surface area (Å²) >= 11 is 0. The van der Waals surface area contributed by atoms with Crippen LogP contribution in [0, 0.1) is 5.92 Å². The Morgan fingerprint density at radius 1 is 1.43 bits per heavy atom. The van der Waals surface area contributed by atoms with Crippen LogP contribution in [0.4, 0.5) is 0 Å². The maximum Gasteiger partial charge on any atom is 0.221 e. The number of nitrogens with two attached hydrogens (primary N) is 1. The van der Waals surface area contributed by atoms with Gasteiger partial charge in [0.1, 0.15) is 0 Å². The first-order valence-electron chi connectivity index (χ1n) is 5.21. The summed E-state index contributed by atoms with van der Waals surface area (Å²) in [5.41, 5.74) is 5.22. The van der Waals surface area contributed by atoms with Gasteiger partial charge < -0.3 is 15.8 Å². The van der Waals surface area contributed by atoms with Crippen molar-refractivity contribution in [2.45, 2.75) is 26.7 Å². The molecule has 3 N–H and O–H groups in total. The first-order valence-corrected chi connectivity index (χ1v) is 5.21. The molecule has 0 aromatic carbocycles. The van der Waals surface area contributed by atoms with E-state index in [2.05, 4.69) is 19.2 Å². The molecule has 0 heterocycles. The fourth-order valence-corrected chi connectivity index (χ4v) is 0.903. The number of rotatable bonds is 8. The lowest BCUT2D eigenvalue weighted by atomic mass is 10.1. The van der Waals surface area contributed by atoms with Gasteiger partial charge in [-0.3, -0.25) is 4.79 Å². The van der Waals surface area contributed by atoms with Crippen molar-refractivity contribution in [3.05, 3.63) is 0 Å². The molecule has 4 heteroatoms. The molecule has 14 heavy (non-hydrogen) atoms. The Bertz CT molecular complexity index is 149. The van der Waals surface area contributed by atoms with Crippen molar-refractivity contribution in [1.29, 1.82) is 0 Å². The van der Waals surface area contributed by atoms with Crippen LogP contribution in [-0.4, -0.2) is 32.2 Å². The molecular formula is C10H22N2O2. The highest BCUT2D eigenvalue weighted by molar-refractivity contribution is 5.75. The van der Waals surface area contributed by atoms with Crippen LogP contribution in [0.2, 0.25) is 0 Å². The number of amides is 1. The molecule has 0 saturated carbocycles. The van der Waals surface area contributed by atoms with Crippen molar-refractivity contribution >= 4 is 5.91 Å². The highest BCUT2D eigenvalue weighted by Gasteiger charge is 1.98. The molecule has 0 atom stereocenters. The lowest BCUT2D eigenvalue weighted by Crippen LogP contribution is -2.28. The topological polar surface area (TPSA) is 64.3 Å². The maximum atomic E-state index is 10.9. The molecule has 0 spiro atoms. The standard InChI is InChI=1S/C10H22N2O2/c1-9(2)4-7-14-8-6-12-10(13)3-5-11/h9H,3-8,11H2,1-2H3,(H,12,13). The van der Waals surface area contributed by atoms with E-state index in [4.69, 9.17) is 10.5 Å². The Labute approximate surface area is 86.2 Å². The van der Waals surface area contributed by atoms with E-state index in [0.29, 0.717) is 32.0 Å². The largest absolute Gasteiger partial charge is 0.380 e. The average molecular weight is 202 g/mol. The molecule has 0 aliphatic carbocycles. The zero-order chi connectivity index (χ0) is 10.8. The predicted octanol–water partition coefficient (Wildman–Crippen LogP) is 0.514. The number of nitrogens with one attached hydrogen (secondary N) is 1. The van der Waals surface area contributed by atoms with Crippen LogP contribution in [0.25, 0.3) is 0 Å². The molecule has 0 aromatic rings. The summed E-state index contributed by atoms with van der Waals surface area (Å²) in [6, 6.07) is 0. The molecule has 0 aliphatic rings. The van der Waals surface area contributed by atoms with Gasteiger partial charge in [-0.2, -0.15) is 0 Å². The minimum atomic E-state index is -0.0000374. The fourth-order valence-electron chi connectivity index (χ4n) is 0.903. The third kappa shape index (κ3) is 9.48. The van der Waals surface area contributed by atoms with Gasteiger partial charge >= 0.3 is 0 Å². The van der Waals surface area contributed by atoms with E-state index < -0.39 is 0 Å². The van der Waals surface area contributed by atoms with E-state index in [-0.39, 0.29) is 5.91 Å². The minimum absolute atomic E-state index is 0.0000374. The van der Waals surface area contributed by atoms with Gasteiger partial charge in [0.05, 0.1) is 6.61 Å². The summed E-state index contributed by atoms with van der Waals surface area (Å²) in [5, 5.41) is 2.73. The number of ether oxygens (including phenoxy) is 1. The summed E-state index contributed by atoms with van der Waals surface area (Å²) in [4.78, 5) is 10.9. The Morgan fingerprint density at radius 3 is 2.71 bits per heavy atom. The molecular weight excluding hydrogens is 180 g/mol. The van der Waals surface area contributed by atoms with Crippen LogP contribution < -0.4 is 11.1 Å². The van der Waals surface area contributed by atoms with Crippen molar-refractivity contribution < 1.29 is 9.53 Å². The van der Waals surface area contributed by atoms with Gasteiger partial charge in [-0.05, 0) is 12.3 Å². The molecule has 84 valence electrons. The van der Waals surface area contributed by atoms with E-state index in [1.54, 1.807) is 0 Å². The molecule has 1 amide bonds. The lowest BCUT2D eigenvalue weighted by Gasteiger charge is -2.07. The lowest BCUT2D eigenvalue weighted by molar-refractivity contribution is -0.121. The molecule has 0 radical (unpaired) electrons. The van der Waals surface area contributed by atoms with Gasteiger partial charge in [0.2, 0.25) is 5.91 Å². The van der Waals surface area contributed by atoms with Crippen LogP contribution in [0.5, 0.6) is 0 Å². The third-order valence-corrected chi connectivity index (χ3v) is 1.78. The first-order chi connectivity index (χ1) is 6.66. The summed E-state index contributed by atoms with van der Waals surface area (Å²) in [5.74, 6) is 0.668. The van der Waals surface area contributed by atoms with Crippen LogP contribution in [0.1, 0.15) is 26.7 Å². The monoisotopic (exact) mass is 202 g/mol. The summed E-state index contributed by atoms with van der Waals surface area (Å²) in [6.45, 7) is 6.66. The summed E-state index contributed by atoms with van der Waals surface area (Å²) in [6.07, 6.45) is 1.46. The first kappa shape index (κ1) is 13.4. The van der Waals surface area contributed by atoms with Crippen molar-refractivity contribution in [3.8, 4) is 0 Å². The molecule has 0 aromatic heterocycles. The highest BCUT2D eigenvalue weighted by Crippen LogP contribution is 1.98. The van der Waals surface area contributed by atoms with E-state index >= 15 is 0 Å². The smallest absolute Gasteiger partial charge is 0.221 e. The summed E-state index contributed by atoms with van der Waals surface area (Å²) in [7, 11) is 0. The minimum Gasteiger partial charge on any atom is -0.380 e. The second kappa shape index (κ2) is 8.97. The number of carbonyl (C=O) groups excluding carboxylic acids is 1. The Morgan fingerprint density at radius 2 is 2.14 bits per heavy atom. The number of hydrogen-bond acceptors (Lipinski definition) is 3. The number of carbonyl (C=O) groups is 1. The molecule has 4 nitrogen and oxygen atoms in total. The Kier molecular flexibility index (Phi) is 8.57. The van der Waals surface area contributed by atoms with Gasteiger partial charge in [0, 0.05) is 26.1 Å². The predicted molar refractivity (Wildman–Crippen MR) is 57.0 cm³/mol. The second-order valence-corrected chi connectivity index (χ2v) is 3.68. The molecule has 0 bridgehead atoms. The molecule has 0 fully saturated rings. The molecule has 0 unspecified atom stereocenters. The Balaban J connectivity index is 3.09. The number of hydrogen-bond donors (Lipinski definition) is 2. The highest BCUT2D eigenvalue weighted by atomic mass is 16.5. The third-order valence-electron chi connectivity index (χ3n) is 1.78. The van der Waals surface area contributed by atoms with E-state index in [0.717, 1.165) is 13.0 Å². The van der Waals surface area contributed by atoms with Gasteiger partial charge in [-0.1, -0.05) is 13.8 Å². The maximum absolute atomic E-state index is 10.9. The van der Waals surface area contributed by atoms with Gasteiger partial charge in [0.15, 0.2) is 0 Å². The van der Waals surface area contributed by atoms with Gasteiger partial charge in [-0.25, -0.2) is 0 Å². The van der Waals surface area contributed by atoms with Crippen LogP contribution >= 0.6 is 0 Å². The van der Waals surface area contributed by atoms with Gasteiger partial charge in [0.25, 0.3) is 0 Å². The SMILES string of the molecule is CC(C)CCOCCNC(=O)CCN. The molecule has 0 rings (SSSR count). The Hall–Kier alpha value is -0.610. The summed E-state index contributed by atoms with van der Waals surface area (Å²) < 4.78 is 5.33.